The van der Waals surface area contributed by atoms with Crippen LogP contribution in [-0.2, 0) is 0 Å². The lowest BCUT2D eigenvalue weighted by Gasteiger charge is -2.26. The maximum atomic E-state index is 8.93. The van der Waals surface area contributed by atoms with Crippen molar-refractivity contribution in [1.82, 2.24) is 15.2 Å². The zero-order valence-electron chi connectivity index (χ0n) is 13.1. The van der Waals surface area contributed by atoms with Crippen LogP contribution in [0.25, 0.3) is 0 Å². The molecule has 23 heavy (non-hydrogen) atoms. The molecule has 1 aliphatic heterocycles. The minimum Gasteiger partial charge on any atom is -0.361 e. The molecule has 2 aromatic rings. The van der Waals surface area contributed by atoms with Crippen LogP contribution in [0.1, 0.15) is 30.1 Å². The van der Waals surface area contributed by atoms with E-state index in [-0.39, 0.29) is 6.04 Å². The number of aromatic nitrogens is 3. The summed E-state index contributed by atoms with van der Waals surface area (Å²) in [7, 11) is 3.87. The normalized spacial score (nSPS) is 17.1. The van der Waals surface area contributed by atoms with Gasteiger partial charge in [-0.05, 0) is 31.0 Å². The van der Waals surface area contributed by atoms with E-state index in [1.54, 1.807) is 12.3 Å². The Hall–Kier alpha value is -2.39. The number of hydrogen-bond acceptors (Lipinski definition) is 6. The Morgan fingerprint density at radius 2 is 2.17 bits per heavy atom. The Kier molecular flexibility index (Phi) is 4.30. The van der Waals surface area contributed by atoms with Crippen LogP contribution in [0.4, 0.5) is 11.6 Å². The van der Waals surface area contributed by atoms with Gasteiger partial charge in [0.2, 0.25) is 0 Å². The van der Waals surface area contributed by atoms with Gasteiger partial charge in [-0.3, -0.25) is 0 Å². The molecule has 118 valence electrons. The van der Waals surface area contributed by atoms with Crippen LogP contribution in [0.5, 0.6) is 0 Å². The van der Waals surface area contributed by atoms with E-state index in [2.05, 4.69) is 26.2 Å². The van der Waals surface area contributed by atoms with E-state index in [0.29, 0.717) is 16.4 Å². The molecule has 2 aromatic heterocycles. The second-order valence-corrected chi connectivity index (χ2v) is 6.11. The zero-order chi connectivity index (χ0) is 16.4. The summed E-state index contributed by atoms with van der Waals surface area (Å²) in [6.45, 7) is 0.862. The zero-order valence-corrected chi connectivity index (χ0v) is 13.8. The Morgan fingerprint density at radius 1 is 1.35 bits per heavy atom. The lowest BCUT2D eigenvalue weighted by atomic mass is 10.1. The Balaban J connectivity index is 1.90. The fourth-order valence-corrected chi connectivity index (χ4v) is 3.06. The van der Waals surface area contributed by atoms with Crippen molar-refractivity contribution < 1.29 is 0 Å². The molecule has 0 saturated carbocycles. The van der Waals surface area contributed by atoms with Crippen LogP contribution < -0.4 is 9.80 Å². The fourth-order valence-electron chi connectivity index (χ4n) is 2.78. The first-order valence-corrected chi connectivity index (χ1v) is 7.81. The number of nitriles is 1. The van der Waals surface area contributed by atoms with Crippen molar-refractivity contribution in [2.45, 2.75) is 18.9 Å². The van der Waals surface area contributed by atoms with Crippen molar-refractivity contribution in [3.8, 4) is 6.07 Å². The molecule has 1 fully saturated rings. The lowest BCUT2D eigenvalue weighted by molar-refractivity contribution is 0.671. The molecule has 0 N–H and O–H groups in total. The van der Waals surface area contributed by atoms with E-state index in [0.717, 1.165) is 30.9 Å². The fraction of sp³-hybridized carbons (Fsp3) is 0.375. The SMILES string of the molecule is CN(C)c1ccc(C2CCCN2c2ncc(C#N)cc2Cl)nn1. The molecule has 3 heterocycles. The minimum absolute atomic E-state index is 0.108. The topological polar surface area (TPSA) is 68.9 Å². The maximum absolute atomic E-state index is 8.93. The molecule has 3 rings (SSSR count). The predicted molar refractivity (Wildman–Crippen MR) is 89.6 cm³/mol. The maximum Gasteiger partial charge on any atom is 0.150 e. The molecule has 0 aromatic carbocycles. The van der Waals surface area contributed by atoms with E-state index >= 15 is 0 Å². The average Bonchev–Trinajstić information content (AvgIpc) is 3.04. The van der Waals surface area contributed by atoms with E-state index in [4.69, 9.17) is 16.9 Å². The molecule has 1 unspecified atom stereocenters. The highest BCUT2D eigenvalue weighted by Crippen LogP contribution is 2.37. The monoisotopic (exact) mass is 328 g/mol. The van der Waals surface area contributed by atoms with Gasteiger partial charge >= 0.3 is 0 Å². The average molecular weight is 329 g/mol. The number of halogens is 1. The molecule has 7 heteroatoms. The van der Waals surface area contributed by atoms with E-state index in [9.17, 15) is 0 Å². The number of pyridine rings is 1. The molecule has 0 radical (unpaired) electrons. The number of hydrogen-bond donors (Lipinski definition) is 0. The van der Waals surface area contributed by atoms with Crippen LogP contribution >= 0.6 is 11.6 Å². The van der Waals surface area contributed by atoms with Crippen molar-refractivity contribution in [2.75, 3.05) is 30.4 Å². The standard InChI is InChI=1S/C16H17ClN6/c1-22(2)15-6-5-13(20-21-15)14-4-3-7-23(14)16-12(17)8-11(9-18)10-19-16/h5-6,8,10,14H,3-4,7H2,1-2H3. The summed E-state index contributed by atoms with van der Waals surface area (Å²) in [6.07, 6.45) is 3.57. The van der Waals surface area contributed by atoms with Crippen LogP contribution in [0.3, 0.4) is 0 Å². The molecule has 0 spiro atoms. The van der Waals surface area contributed by atoms with Crippen LogP contribution in [0.15, 0.2) is 24.4 Å². The quantitative estimate of drug-likeness (QED) is 0.863. The summed E-state index contributed by atoms with van der Waals surface area (Å²) in [4.78, 5) is 8.43. The molecule has 6 nitrogen and oxygen atoms in total. The first-order chi connectivity index (χ1) is 11.1. The molecule has 1 atom stereocenters. The van der Waals surface area contributed by atoms with Gasteiger partial charge in [-0.15, -0.1) is 5.10 Å². The highest BCUT2D eigenvalue weighted by molar-refractivity contribution is 6.33. The molecule has 1 aliphatic rings. The van der Waals surface area contributed by atoms with Crippen molar-refractivity contribution >= 4 is 23.2 Å². The van der Waals surface area contributed by atoms with Crippen LogP contribution in [-0.4, -0.2) is 35.8 Å². The Bertz CT molecular complexity index is 737. The molecular formula is C16H17ClN6. The third-order valence-corrected chi connectivity index (χ3v) is 4.22. The highest BCUT2D eigenvalue weighted by Gasteiger charge is 2.30. The van der Waals surface area contributed by atoms with Gasteiger partial charge < -0.3 is 9.80 Å². The van der Waals surface area contributed by atoms with Gasteiger partial charge in [0, 0.05) is 26.8 Å². The summed E-state index contributed by atoms with van der Waals surface area (Å²) in [5, 5.41) is 18.0. The molecular weight excluding hydrogens is 312 g/mol. The van der Waals surface area contributed by atoms with Gasteiger partial charge in [0.15, 0.2) is 5.82 Å². The first-order valence-electron chi connectivity index (χ1n) is 7.43. The van der Waals surface area contributed by atoms with Gasteiger partial charge in [-0.25, -0.2) is 4.98 Å². The molecule has 0 aliphatic carbocycles. The van der Waals surface area contributed by atoms with Crippen molar-refractivity contribution in [3.05, 3.63) is 40.7 Å². The third kappa shape index (κ3) is 3.06. The summed E-state index contributed by atoms with van der Waals surface area (Å²) in [5.41, 5.74) is 1.37. The van der Waals surface area contributed by atoms with Crippen molar-refractivity contribution in [1.29, 1.82) is 5.26 Å². The number of rotatable bonds is 3. The van der Waals surface area contributed by atoms with Gasteiger partial charge in [-0.2, -0.15) is 10.4 Å². The van der Waals surface area contributed by atoms with E-state index < -0.39 is 0 Å². The van der Waals surface area contributed by atoms with Gasteiger partial charge in [-0.1, -0.05) is 11.6 Å². The van der Waals surface area contributed by atoms with Gasteiger partial charge in [0.25, 0.3) is 0 Å². The molecule has 0 bridgehead atoms. The van der Waals surface area contributed by atoms with Crippen LogP contribution in [0.2, 0.25) is 5.02 Å². The van der Waals surface area contributed by atoms with Crippen LogP contribution in [0, 0.1) is 11.3 Å². The van der Waals surface area contributed by atoms with Crippen molar-refractivity contribution in [3.63, 3.8) is 0 Å². The van der Waals surface area contributed by atoms with E-state index in [1.165, 1.54) is 0 Å². The van der Waals surface area contributed by atoms with Gasteiger partial charge in [0.1, 0.15) is 11.9 Å². The molecule has 0 amide bonds. The number of anilines is 2. The van der Waals surface area contributed by atoms with Gasteiger partial charge in [0.05, 0.1) is 22.3 Å². The van der Waals surface area contributed by atoms with E-state index in [1.807, 2.05) is 31.1 Å². The largest absolute Gasteiger partial charge is 0.361 e. The summed E-state index contributed by atoms with van der Waals surface area (Å²) >= 11 is 6.31. The summed E-state index contributed by atoms with van der Waals surface area (Å²) in [6, 6.07) is 7.78. The summed E-state index contributed by atoms with van der Waals surface area (Å²) < 4.78 is 0. The smallest absolute Gasteiger partial charge is 0.150 e. The highest BCUT2D eigenvalue weighted by atomic mass is 35.5. The predicted octanol–water partition coefficient (Wildman–Crippen LogP) is 2.80. The Labute approximate surface area is 140 Å². The summed E-state index contributed by atoms with van der Waals surface area (Å²) in [5.74, 6) is 1.53. The second-order valence-electron chi connectivity index (χ2n) is 5.70. The minimum atomic E-state index is 0.108. The Morgan fingerprint density at radius 3 is 2.78 bits per heavy atom. The first kappa shape index (κ1) is 15.5. The third-order valence-electron chi connectivity index (χ3n) is 3.95. The number of nitrogens with zero attached hydrogens (tertiary/aromatic N) is 6. The second kappa shape index (κ2) is 6.39. The van der Waals surface area contributed by atoms with Crippen molar-refractivity contribution in [2.24, 2.45) is 0 Å². The lowest BCUT2D eigenvalue weighted by Crippen LogP contribution is -2.25. The molecule has 1 saturated heterocycles.